The molecule has 2 heterocycles. The summed E-state index contributed by atoms with van der Waals surface area (Å²) in [5.41, 5.74) is 7.08. The molecule has 27 heavy (non-hydrogen) atoms. The normalized spacial score (nSPS) is 10.7. The smallest absolute Gasteiger partial charge is 0.252 e. The Morgan fingerprint density at radius 2 is 1.89 bits per heavy atom. The van der Waals surface area contributed by atoms with Gasteiger partial charge in [-0.25, -0.2) is 4.98 Å². The third-order valence-electron chi connectivity index (χ3n) is 3.90. The van der Waals surface area contributed by atoms with Gasteiger partial charge in [-0.15, -0.1) is 0 Å². The van der Waals surface area contributed by atoms with Gasteiger partial charge in [0.15, 0.2) is 5.82 Å². The largest absolute Gasteiger partial charge is 0.437 e. The van der Waals surface area contributed by atoms with Gasteiger partial charge in [0.05, 0.1) is 16.5 Å². The molecule has 2 N–H and O–H groups in total. The molecule has 0 saturated heterocycles. The lowest BCUT2D eigenvalue weighted by molar-refractivity contribution is 0.0998. The summed E-state index contributed by atoms with van der Waals surface area (Å²) in [5, 5.41) is 1.09. The van der Waals surface area contributed by atoms with E-state index in [1.54, 1.807) is 30.6 Å². The molecule has 132 valence electrons. The molecule has 0 unspecified atom stereocenters. The number of aromatic nitrogens is 3. The van der Waals surface area contributed by atoms with E-state index in [1.807, 2.05) is 30.3 Å². The fourth-order valence-corrected chi connectivity index (χ4v) is 2.81. The molecule has 6 nitrogen and oxygen atoms in total. The molecule has 0 atom stereocenters. The van der Waals surface area contributed by atoms with Gasteiger partial charge in [0.1, 0.15) is 5.75 Å². The summed E-state index contributed by atoms with van der Waals surface area (Å²) in [5.74, 6) is 0.405. The number of primary amides is 1. The topological polar surface area (TPSA) is 91.0 Å². The molecule has 2 aromatic carbocycles. The van der Waals surface area contributed by atoms with Crippen molar-refractivity contribution in [2.75, 3.05) is 0 Å². The summed E-state index contributed by atoms with van der Waals surface area (Å²) >= 11 is 5.97. The number of carbonyl (C=O) groups is 1. The number of rotatable bonds is 4. The maximum absolute atomic E-state index is 11.8. The molecule has 0 aliphatic rings. The van der Waals surface area contributed by atoms with E-state index >= 15 is 0 Å². The van der Waals surface area contributed by atoms with Crippen molar-refractivity contribution in [1.29, 1.82) is 0 Å². The van der Waals surface area contributed by atoms with Gasteiger partial charge in [0, 0.05) is 23.0 Å². The highest BCUT2D eigenvalue weighted by molar-refractivity contribution is 6.31. The molecule has 0 bridgehead atoms. The Bertz CT molecular complexity index is 1150. The van der Waals surface area contributed by atoms with Crippen molar-refractivity contribution in [1.82, 2.24) is 15.0 Å². The second-order valence-electron chi connectivity index (χ2n) is 5.72. The zero-order valence-electron chi connectivity index (χ0n) is 14.0. The van der Waals surface area contributed by atoms with Crippen molar-refractivity contribution in [3.8, 4) is 23.0 Å². The van der Waals surface area contributed by atoms with Gasteiger partial charge >= 0.3 is 0 Å². The molecular weight excluding hydrogens is 364 g/mol. The third-order valence-corrected chi connectivity index (χ3v) is 4.14. The quantitative estimate of drug-likeness (QED) is 0.575. The molecule has 0 fully saturated rings. The zero-order valence-corrected chi connectivity index (χ0v) is 14.7. The number of para-hydroxylation sites is 1. The predicted molar refractivity (Wildman–Crippen MR) is 103 cm³/mol. The molecule has 0 aliphatic carbocycles. The number of hydrogen-bond acceptors (Lipinski definition) is 5. The molecule has 0 radical (unpaired) electrons. The summed E-state index contributed by atoms with van der Waals surface area (Å²) in [6.45, 7) is 0. The molecule has 2 aromatic heterocycles. The van der Waals surface area contributed by atoms with Crippen LogP contribution in [0, 0.1) is 0 Å². The number of pyridine rings is 1. The minimum atomic E-state index is -0.640. The molecular formula is C20H13ClN4O2. The van der Waals surface area contributed by atoms with Crippen molar-refractivity contribution in [2.45, 2.75) is 0 Å². The summed E-state index contributed by atoms with van der Waals surface area (Å²) in [6.07, 6.45) is 3.35. The van der Waals surface area contributed by atoms with E-state index in [1.165, 1.54) is 6.07 Å². The van der Waals surface area contributed by atoms with Gasteiger partial charge in [-0.3, -0.25) is 9.78 Å². The maximum Gasteiger partial charge on any atom is 0.252 e. The van der Waals surface area contributed by atoms with E-state index in [4.69, 9.17) is 22.1 Å². The van der Waals surface area contributed by atoms with Crippen molar-refractivity contribution < 1.29 is 9.53 Å². The third kappa shape index (κ3) is 3.43. The van der Waals surface area contributed by atoms with Crippen LogP contribution in [0.4, 0.5) is 0 Å². The maximum atomic E-state index is 11.8. The first-order valence-electron chi connectivity index (χ1n) is 8.06. The molecule has 1 amide bonds. The highest BCUT2D eigenvalue weighted by atomic mass is 35.5. The number of nitrogens with zero attached hydrogens (tertiary/aromatic N) is 3. The number of carbonyl (C=O) groups excluding carboxylic acids is 1. The Morgan fingerprint density at radius 1 is 1.04 bits per heavy atom. The highest BCUT2D eigenvalue weighted by Crippen LogP contribution is 2.32. The Morgan fingerprint density at radius 3 is 2.67 bits per heavy atom. The average Bonchev–Trinajstić information content (AvgIpc) is 2.69. The van der Waals surface area contributed by atoms with Crippen molar-refractivity contribution in [3.63, 3.8) is 0 Å². The van der Waals surface area contributed by atoms with Crippen LogP contribution in [-0.2, 0) is 0 Å². The van der Waals surface area contributed by atoms with Gasteiger partial charge < -0.3 is 10.5 Å². The van der Waals surface area contributed by atoms with E-state index in [-0.39, 0.29) is 11.3 Å². The molecule has 0 spiro atoms. The molecule has 0 aliphatic heterocycles. The van der Waals surface area contributed by atoms with Crippen LogP contribution >= 0.6 is 11.6 Å². The Balaban J connectivity index is 1.88. The SMILES string of the molecule is NC(=O)c1cc(Cl)ccc1Oc1nc(-c2cccnc2)nc2ccccc12. The number of hydrogen-bond donors (Lipinski definition) is 1. The van der Waals surface area contributed by atoms with E-state index in [0.717, 1.165) is 5.56 Å². The average molecular weight is 377 g/mol. The number of fused-ring (bicyclic) bond motifs is 1. The highest BCUT2D eigenvalue weighted by Gasteiger charge is 2.15. The van der Waals surface area contributed by atoms with Gasteiger partial charge in [0.2, 0.25) is 5.88 Å². The van der Waals surface area contributed by atoms with Crippen LogP contribution < -0.4 is 10.5 Å². The lowest BCUT2D eigenvalue weighted by Crippen LogP contribution is -2.12. The fourth-order valence-electron chi connectivity index (χ4n) is 2.64. The second kappa shape index (κ2) is 7.01. The molecule has 7 heteroatoms. The first-order valence-corrected chi connectivity index (χ1v) is 8.44. The molecule has 4 aromatic rings. The lowest BCUT2D eigenvalue weighted by atomic mass is 10.2. The lowest BCUT2D eigenvalue weighted by Gasteiger charge is -2.12. The standard InChI is InChI=1S/C20H13ClN4O2/c21-13-7-8-17(15(10-13)18(22)26)27-20-14-5-1-2-6-16(14)24-19(25-20)12-4-3-9-23-11-12/h1-11H,(H2,22,26). The van der Waals surface area contributed by atoms with E-state index in [0.29, 0.717) is 27.6 Å². The number of nitrogens with two attached hydrogens (primary N) is 1. The van der Waals surface area contributed by atoms with Gasteiger partial charge in [-0.1, -0.05) is 23.7 Å². The monoisotopic (exact) mass is 376 g/mol. The van der Waals surface area contributed by atoms with Gasteiger partial charge in [-0.05, 0) is 42.5 Å². The first-order chi connectivity index (χ1) is 13.1. The number of benzene rings is 2. The Kier molecular flexibility index (Phi) is 4.40. The van der Waals surface area contributed by atoms with E-state index in [2.05, 4.69) is 15.0 Å². The van der Waals surface area contributed by atoms with Crippen LogP contribution in [0.2, 0.25) is 5.02 Å². The van der Waals surface area contributed by atoms with Gasteiger partial charge in [0.25, 0.3) is 5.91 Å². The van der Waals surface area contributed by atoms with Crippen molar-refractivity contribution in [3.05, 3.63) is 77.6 Å². The predicted octanol–water partition coefficient (Wildman–Crippen LogP) is 4.24. The van der Waals surface area contributed by atoms with Crippen LogP contribution in [0.25, 0.3) is 22.3 Å². The summed E-state index contributed by atoms with van der Waals surface area (Å²) < 4.78 is 5.97. The molecule has 0 saturated carbocycles. The summed E-state index contributed by atoms with van der Waals surface area (Å²) in [7, 11) is 0. The minimum Gasteiger partial charge on any atom is -0.437 e. The van der Waals surface area contributed by atoms with E-state index < -0.39 is 5.91 Å². The van der Waals surface area contributed by atoms with Crippen LogP contribution in [-0.4, -0.2) is 20.9 Å². The fraction of sp³-hybridized carbons (Fsp3) is 0. The number of halogens is 1. The summed E-state index contributed by atoms with van der Waals surface area (Å²) in [4.78, 5) is 25.0. The number of amides is 1. The Labute approximate surface area is 159 Å². The second-order valence-corrected chi connectivity index (χ2v) is 6.15. The zero-order chi connectivity index (χ0) is 18.8. The van der Waals surface area contributed by atoms with Crippen LogP contribution in [0.5, 0.6) is 11.6 Å². The Hall–Kier alpha value is -3.51. The summed E-state index contributed by atoms with van der Waals surface area (Å²) in [6, 6.07) is 15.8. The van der Waals surface area contributed by atoms with Crippen LogP contribution in [0.3, 0.4) is 0 Å². The van der Waals surface area contributed by atoms with Crippen molar-refractivity contribution in [2.24, 2.45) is 5.73 Å². The molecule has 4 rings (SSSR count). The van der Waals surface area contributed by atoms with Crippen LogP contribution in [0.1, 0.15) is 10.4 Å². The first kappa shape index (κ1) is 16.9. The van der Waals surface area contributed by atoms with Gasteiger partial charge in [-0.2, -0.15) is 4.98 Å². The van der Waals surface area contributed by atoms with Crippen LogP contribution in [0.15, 0.2) is 67.0 Å². The number of ether oxygens (including phenoxy) is 1. The minimum absolute atomic E-state index is 0.174. The van der Waals surface area contributed by atoms with Crippen molar-refractivity contribution >= 4 is 28.4 Å². The van der Waals surface area contributed by atoms with E-state index in [9.17, 15) is 4.79 Å².